The van der Waals surface area contributed by atoms with Gasteiger partial charge in [-0.25, -0.2) is 23.3 Å². The van der Waals surface area contributed by atoms with Gasteiger partial charge in [-0.1, -0.05) is 12.1 Å². The van der Waals surface area contributed by atoms with Crippen molar-refractivity contribution in [1.29, 1.82) is 0 Å². The average Bonchev–Trinajstić information content (AvgIpc) is 3.49. The molecule has 1 saturated carbocycles. The Labute approximate surface area is 188 Å². The van der Waals surface area contributed by atoms with E-state index in [0.717, 1.165) is 23.2 Å². The number of imidazole rings is 1. The summed E-state index contributed by atoms with van der Waals surface area (Å²) in [6.45, 7) is -0.610. The van der Waals surface area contributed by atoms with Crippen molar-refractivity contribution in [3.63, 3.8) is 0 Å². The summed E-state index contributed by atoms with van der Waals surface area (Å²) in [5.74, 6) is 1.34. The predicted octanol–water partition coefficient (Wildman–Crippen LogP) is 4.12. The van der Waals surface area contributed by atoms with Crippen molar-refractivity contribution in [2.45, 2.75) is 24.7 Å². The second-order valence-corrected chi connectivity index (χ2v) is 7.68. The number of hydrogen-bond donors (Lipinski definition) is 0. The third kappa shape index (κ3) is 4.15. The minimum Gasteiger partial charge on any atom is -0.488 e. The van der Waals surface area contributed by atoms with Crippen molar-refractivity contribution in [3.05, 3.63) is 60.0 Å². The van der Waals surface area contributed by atoms with E-state index in [-0.39, 0.29) is 11.9 Å². The van der Waals surface area contributed by atoms with E-state index in [1.165, 1.54) is 14.2 Å². The molecule has 0 aliphatic heterocycles. The van der Waals surface area contributed by atoms with Crippen LogP contribution in [0.25, 0.3) is 16.9 Å². The molecule has 5 rings (SSSR count). The number of rotatable bonds is 8. The number of fused-ring (bicyclic) bond motifs is 1. The van der Waals surface area contributed by atoms with E-state index in [0.29, 0.717) is 28.8 Å². The Bertz CT molecular complexity index is 1280. The summed E-state index contributed by atoms with van der Waals surface area (Å²) in [5, 5.41) is 4.66. The second kappa shape index (κ2) is 8.61. The molecule has 1 fully saturated rings. The average molecular weight is 453 g/mol. The molecule has 0 N–H and O–H groups in total. The summed E-state index contributed by atoms with van der Waals surface area (Å²) >= 11 is 0. The van der Waals surface area contributed by atoms with E-state index in [1.807, 2.05) is 18.2 Å². The van der Waals surface area contributed by atoms with Crippen LogP contribution in [-0.4, -0.2) is 51.8 Å². The molecule has 3 heterocycles. The molecule has 10 heteroatoms. The molecule has 8 nitrogen and oxygen atoms in total. The summed E-state index contributed by atoms with van der Waals surface area (Å²) in [5.41, 5.74) is 4.28. The number of benzene rings is 1. The molecule has 1 aliphatic carbocycles. The minimum atomic E-state index is -2.50. The summed E-state index contributed by atoms with van der Waals surface area (Å²) < 4.78 is 42.1. The van der Waals surface area contributed by atoms with Gasteiger partial charge in [0.05, 0.1) is 25.5 Å². The van der Waals surface area contributed by atoms with Gasteiger partial charge >= 0.3 is 6.01 Å². The number of alkyl halides is 2. The van der Waals surface area contributed by atoms with E-state index in [4.69, 9.17) is 14.2 Å². The third-order valence-electron chi connectivity index (χ3n) is 5.65. The molecule has 0 saturated heterocycles. The third-order valence-corrected chi connectivity index (χ3v) is 5.65. The highest BCUT2D eigenvalue weighted by molar-refractivity contribution is 5.68. The molecule has 1 aromatic carbocycles. The van der Waals surface area contributed by atoms with E-state index < -0.39 is 13.0 Å². The minimum absolute atomic E-state index is 0.211. The van der Waals surface area contributed by atoms with Gasteiger partial charge in [-0.15, -0.1) is 0 Å². The highest BCUT2D eigenvalue weighted by atomic mass is 19.3. The van der Waals surface area contributed by atoms with Crippen LogP contribution in [0.5, 0.6) is 17.6 Å². The molecule has 1 aliphatic rings. The van der Waals surface area contributed by atoms with Crippen LogP contribution in [0.15, 0.2) is 48.9 Å². The molecule has 0 bridgehead atoms. The van der Waals surface area contributed by atoms with Crippen LogP contribution in [0.1, 0.15) is 29.4 Å². The van der Waals surface area contributed by atoms with Gasteiger partial charge in [-0.05, 0) is 42.0 Å². The Hall–Kier alpha value is -3.82. The van der Waals surface area contributed by atoms with Gasteiger partial charge in [0.15, 0.2) is 5.65 Å². The quantitative estimate of drug-likeness (QED) is 0.397. The van der Waals surface area contributed by atoms with Gasteiger partial charge in [-0.2, -0.15) is 10.1 Å². The van der Waals surface area contributed by atoms with Crippen LogP contribution in [0.2, 0.25) is 0 Å². The second-order valence-electron chi connectivity index (χ2n) is 7.68. The summed E-state index contributed by atoms with van der Waals surface area (Å²) in [7, 11) is 3.03. The van der Waals surface area contributed by atoms with Crippen LogP contribution in [0, 0.1) is 0 Å². The molecule has 4 aromatic rings. The standard InChI is InChI=1S/C23H21F2N5O3/c1-31-22-18(11-27-23(28-22)32-2)19-10-17(21-26-7-8-30(21)29-19)16-9-15(16)13-3-5-14(6-4-13)33-12-20(24)25/h3-8,10-11,15-16,20H,9,12H2,1-2H3/t15-,16+/m1/s1. The first-order valence-electron chi connectivity index (χ1n) is 10.4. The lowest BCUT2D eigenvalue weighted by Crippen LogP contribution is -2.06. The Balaban J connectivity index is 1.45. The van der Waals surface area contributed by atoms with Crippen LogP contribution < -0.4 is 14.2 Å². The Morgan fingerprint density at radius 3 is 2.64 bits per heavy atom. The molecule has 33 heavy (non-hydrogen) atoms. The van der Waals surface area contributed by atoms with Crippen LogP contribution in [0.3, 0.4) is 0 Å². The Morgan fingerprint density at radius 1 is 1.09 bits per heavy atom. The highest BCUT2D eigenvalue weighted by Crippen LogP contribution is 2.55. The van der Waals surface area contributed by atoms with E-state index >= 15 is 0 Å². The lowest BCUT2D eigenvalue weighted by atomic mass is 10.0. The summed E-state index contributed by atoms with van der Waals surface area (Å²) in [6.07, 6.45) is 3.59. The van der Waals surface area contributed by atoms with Crippen molar-refractivity contribution in [2.24, 2.45) is 0 Å². The molecule has 2 atom stereocenters. The van der Waals surface area contributed by atoms with E-state index in [1.54, 1.807) is 35.2 Å². The molecule has 0 unspecified atom stereocenters. The topological polar surface area (TPSA) is 83.7 Å². The number of methoxy groups -OCH3 is 2. The zero-order valence-electron chi connectivity index (χ0n) is 18.0. The van der Waals surface area contributed by atoms with Gasteiger partial charge in [0.25, 0.3) is 6.43 Å². The van der Waals surface area contributed by atoms with Crippen molar-refractivity contribution in [2.75, 3.05) is 20.8 Å². The van der Waals surface area contributed by atoms with Gasteiger partial charge < -0.3 is 14.2 Å². The fraction of sp³-hybridized carbons (Fsp3) is 0.304. The van der Waals surface area contributed by atoms with Crippen LogP contribution in [0.4, 0.5) is 8.78 Å². The summed E-state index contributed by atoms with van der Waals surface area (Å²) in [6, 6.07) is 9.53. The van der Waals surface area contributed by atoms with Gasteiger partial charge in [-0.3, -0.25) is 0 Å². The molecule has 0 spiro atoms. The van der Waals surface area contributed by atoms with Crippen molar-refractivity contribution >= 4 is 5.65 Å². The predicted molar refractivity (Wildman–Crippen MR) is 115 cm³/mol. The van der Waals surface area contributed by atoms with Gasteiger partial charge in [0, 0.05) is 24.2 Å². The fourth-order valence-corrected chi connectivity index (χ4v) is 4.00. The first-order valence-corrected chi connectivity index (χ1v) is 10.4. The SMILES string of the molecule is COc1ncc(-c2cc([C@H]3C[C@@H]3c3ccc(OCC(F)F)cc3)c3nccn3n2)c(OC)n1. The smallest absolute Gasteiger partial charge is 0.319 e. The molecular weight excluding hydrogens is 432 g/mol. The highest BCUT2D eigenvalue weighted by Gasteiger charge is 2.41. The molecule has 0 amide bonds. The Morgan fingerprint density at radius 2 is 1.91 bits per heavy atom. The number of aromatic nitrogens is 5. The van der Waals surface area contributed by atoms with Gasteiger partial charge in [0.1, 0.15) is 12.4 Å². The van der Waals surface area contributed by atoms with Crippen LogP contribution >= 0.6 is 0 Å². The number of nitrogens with zero attached hydrogens (tertiary/aromatic N) is 5. The maximum absolute atomic E-state index is 12.4. The van der Waals surface area contributed by atoms with Gasteiger partial charge in [0.2, 0.25) is 5.88 Å². The van der Waals surface area contributed by atoms with Crippen molar-refractivity contribution < 1.29 is 23.0 Å². The Kier molecular flexibility index (Phi) is 5.49. The number of hydrogen-bond acceptors (Lipinski definition) is 7. The number of halogens is 2. The maximum Gasteiger partial charge on any atom is 0.319 e. The largest absolute Gasteiger partial charge is 0.488 e. The first kappa shape index (κ1) is 21.0. The van der Waals surface area contributed by atoms with E-state index in [2.05, 4.69) is 20.1 Å². The molecule has 0 radical (unpaired) electrons. The van der Waals surface area contributed by atoms with Crippen molar-refractivity contribution in [1.82, 2.24) is 24.6 Å². The molecule has 170 valence electrons. The summed E-state index contributed by atoms with van der Waals surface area (Å²) in [4.78, 5) is 13.0. The van der Waals surface area contributed by atoms with E-state index in [9.17, 15) is 8.78 Å². The maximum atomic E-state index is 12.4. The van der Waals surface area contributed by atoms with Crippen molar-refractivity contribution in [3.8, 4) is 28.9 Å². The first-order chi connectivity index (χ1) is 16.1. The monoisotopic (exact) mass is 453 g/mol. The fourth-order valence-electron chi connectivity index (χ4n) is 4.00. The lowest BCUT2D eigenvalue weighted by Gasteiger charge is -2.11. The molecule has 3 aromatic heterocycles. The zero-order valence-corrected chi connectivity index (χ0v) is 18.0. The molecular formula is C23H21F2N5O3. The van der Waals surface area contributed by atoms with Crippen LogP contribution in [-0.2, 0) is 0 Å². The lowest BCUT2D eigenvalue weighted by molar-refractivity contribution is 0.0819. The normalized spacial score (nSPS) is 17.4. The number of ether oxygens (including phenoxy) is 3. The zero-order chi connectivity index (χ0) is 22.9.